The highest BCUT2D eigenvalue weighted by atomic mass is 32.2. The summed E-state index contributed by atoms with van der Waals surface area (Å²) < 4.78 is 10.6. The Morgan fingerprint density at radius 1 is 1.15 bits per heavy atom. The second-order valence-corrected chi connectivity index (χ2v) is 7.24. The number of carbonyl (C=O) groups excluding carboxylic acids is 1. The van der Waals surface area contributed by atoms with Crippen molar-refractivity contribution < 1.29 is 14.3 Å². The molecular weight excluding hydrogens is 350 g/mol. The highest BCUT2D eigenvalue weighted by Crippen LogP contribution is 2.35. The van der Waals surface area contributed by atoms with Crippen LogP contribution in [0.2, 0.25) is 0 Å². The fourth-order valence-electron chi connectivity index (χ4n) is 2.69. The minimum Gasteiger partial charge on any atom is -0.454 e. The van der Waals surface area contributed by atoms with Crippen LogP contribution in [0.25, 0.3) is 10.9 Å². The molecule has 1 aliphatic heterocycles. The first kappa shape index (κ1) is 16.7. The van der Waals surface area contributed by atoms with Crippen molar-refractivity contribution in [1.82, 2.24) is 9.97 Å². The van der Waals surface area contributed by atoms with Gasteiger partial charge in [0.2, 0.25) is 12.7 Å². The number of aryl methyl sites for hydroxylation is 1. The first-order valence-corrected chi connectivity index (χ1v) is 9.09. The molecule has 0 aliphatic carbocycles. The van der Waals surface area contributed by atoms with Crippen LogP contribution in [0.4, 0.5) is 5.69 Å². The van der Waals surface area contributed by atoms with E-state index < -0.39 is 0 Å². The summed E-state index contributed by atoms with van der Waals surface area (Å²) in [6, 6.07) is 13.2. The molecule has 132 valence electrons. The van der Waals surface area contributed by atoms with Gasteiger partial charge in [0.05, 0.1) is 10.8 Å². The molecule has 4 rings (SSSR count). The maximum atomic E-state index is 12.6. The van der Waals surface area contributed by atoms with Gasteiger partial charge in [-0.15, -0.1) is 0 Å². The molecule has 1 atom stereocenters. The van der Waals surface area contributed by atoms with Crippen molar-refractivity contribution in [2.24, 2.45) is 0 Å². The van der Waals surface area contributed by atoms with Gasteiger partial charge in [-0.05, 0) is 32.0 Å². The molecule has 2 aromatic carbocycles. The van der Waals surface area contributed by atoms with Crippen molar-refractivity contribution >= 4 is 34.3 Å². The number of amides is 1. The van der Waals surface area contributed by atoms with Gasteiger partial charge in [0.1, 0.15) is 10.9 Å². The van der Waals surface area contributed by atoms with Crippen molar-refractivity contribution in [3.8, 4) is 11.5 Å². The van der Waals surface area contributed by atoms with Crippen molar-refractivity contribution in [3.63, 3.8) is 0 Å². The number of carbonyl (C=O) groups is 1. The summed E-state index contributed by atoms with van der Waals surface area (Å²) in [4.78, 5) is 21.5. The molecular formula is C19H17N3O3S. The zero-order chi connectivity index (χ0) is 18.1. The molecule has 0 saturated carbocycles. The molecule has 0 bridgehead atoms. The fourth-order valence-corrected chi connectivity index (χ4v) is 3.67. The summed E-state index contributed by atoms with van der Waals surface area (Å²) in [6.45, 7) is 3.92. The van der Waals surface area contributed by atoms with Gasteiger partial charge in [0.25, 0.3) is 0 Å². The minimum absolute atomic E-state index is 0.103. The van der Waals surface area contributed by atoms with Gasteiger partial charge in [-0.3, -0.25) is 4.79 Å². The van der Waals surface area contributed by atoms with Crippen LogP contribution < -0.4 is 14.8 Å². The number of thioether (sulfide) groups is 1. The molecule has 0 spiro atoms. The highest BCUT2D eigenvalue weighted by molar-refractivity contribution is 8.00. The molecule has 1 amide bonds. The standard InChI is InChI=1S/C19H17N3O3S/c1-11(18(23)22-13-7-8-16-17(9-13)25-10-24-16)26-19-14-5-3-4-6-15(14)20-12(2)21-19/h3-9,11H,10H2,1-2H3,(H,22,23). The zero-order valence-corrected chi connectivity index (χ0v) is 15.2. The van der Waals surface area contributed by atoms with E-state index in [1.54, 1.807) is 18.2 Å². The summed E-state index contributed by atoms with van der Waals surface area (Å²) in [6.07, 6.45) is 0. The number of nitrogens with zero attached hydrogens (tertiary/aromatic N) is 2. The second-order valence-electron chi connectivity index (χ2n) is 5.91. The predicted octanol–water partition coefficient (Wildman–Crippen LogP) is 3.79. The van der Waals surface area contributed by atoms with Crippen LogP contribution >= 0.6 is 11.8 Å². The van der Waals surface area contributed by atoms with Crippen molar-refractivity contribution in [1.29, 1.82) is 0 Å². The Hall–Kier alpha value is -2.80. The molecule has 2 heterocycles. The molecule has 1 N–H and O–H groups in total. The molecule has 6 nitrogen and oxygen atoms in total. The zero-order valence-electron chi connectivity index (χ0n) is 14.4. The summed E-state index contributed by atoms with van der Waals surface area (Å²) >= 11 is 1.42. The number of ether oxygens (including phenoxy) is 2. The van der Waals surface area contributed by atoms with Gasteiger partial charge in [0.15, 0.2) is 11.5 Å². The van der Waals surface area contributed by atoms with E-state index in [4.69, 9.17) is 9.47 Å². The van der Waals surface area contributed by atoms with Gasteiger partial charge in [-0.2, -0.15) is 0 Å². The molecule has 0 saturated heterocycles. The van der Waals surface area contributed by atoms with E-state index >= 15 is 0 Å². The summed E-state index contributed by atoms with van der Waals surface area (Å²) in [7, 11) is 0. The third-order valence-electron chi connectivity index (χ3n) is 3.98. The van der Waals surface area contributed by atoms with Gasteiger partial charge in [0, 0.05) is 17.1 Å². The lowest BCUT2D eigenvalue weighted by Gasteiger charge is -2.13. The van der Waals surface area contributed by atoms with Crippen LogP contribution in [0.5, 0.6) is 11.5 Å². The lowest BCUT2D eigenvalue weighted by molar-refractivity contribution is -0.115. The van der Waals surface area contributed by atoms with E-state index in [0.717, 1.165) is 15.9 Å². The lowest BCUT2D eigenvalue weighted by Crippen LogP contribution is -2.22. The van der Waals surface area contributed by atoms with Gasteiger partial charge in [-0.25, -0.2) is 9.97 Å². The number of rotatable bonds is 4. The Morgan fingerprint density at radius 3 is 2.85 bits per heavy atom. The molecule has 1 aliphatic rings. The Kier molecular flexibility index (Phi) is 4.38. The molecule has 1 aromatic heterocycles. The van der Waals surface area contributed by atoms with Gasteiger partial charge < -0.3 is 14.8 Å². The van der Waals surface area contributed by atoms with Gasteiger partial charge in [-0.1, -0.05) is 30.0 Å². The SMILES string of the molecule is Cc1nc(SC(C)C(=O)Nc2ccc3c(c2)OCO3)c2ccccc2n1. The van der Waals surface area contributed by atoms with Crippen LogP contribution in [0.15, 0.2) is 47.5 Å². The number of hydrogen-bond acceptors (Lipinski definition) is 6. The number of para-hydroxylation sites is 1. The maximum absolute atomic E-state index is 12.6. The quantitative estimate of drug-likeness (QED) is 0.559. The molecule has 26 heavy (non-hydrogen) atoms. The Balaban J connectivity index is 1.51. The van der Waals surface area contributed by atoms with E-state index in [2.05, 4.69) is 15.3 Å². The number of anilines is 1. The first-order valence-electron chi connectivity index (χ1n) is 8.21. The third kappa shape index (κ3) is 3.30. The Morgan fingerprint density at radius 2 is 1.96 bits per heavy atom. The van der Waals surface area contributed by atoms with Crippen LogP contribution in [-0.2, 0) is 4.79 Å². The van der Waals surface area contributed by atoms with E-state index in [-0.39, 0.29) is 18.0 Å². The normalized spacial score (nSPS) is 13.6. The van der Waals surface area contributed by atoms with Crippen LogP contribution in [-0.4, -0.2) is 27.9 Å². The smallest absolute Gasteiger partial charge is 0.237 e. The van der Waals surface area contributed by atoms with E-state index in [1.165, 1.54) is 11.8 Å². The predicted molar refractivity (Wildman–Crippen MR) is 101 cm³/mol. The largest absolute Gasteiger partial charge is 0.454 e. The number of aromatic nitrogens is 2. The lowest BCUT2D eigenvalue weighted by atomic mass is 10.2. The fraction of sp³-hybridized carbons (Fsp3) is 0.211. The maximum Gasteiger partial charge on any atom is 0.237 e. The molecule has 3 aromatic rings. The van der Waals surface area contributed by atoms with E-state index in [9.17, 15) is 4.79 Å². The van der Waals surface area contributed by atoms with Crippen molar-refractivity contribution in [2.75, 3.05) is 12.1 Å². The third-order valence-corrected chi connectivity index (χ3v) is 5.08. The van der Waals surface area contributed by atoms with Crippen molar-refractivity contribution in [3.05, 3.63) is 48.3 Å². The van der Waals surface area contributed by atoms with Crippen LogP contribution in [0.3, 0.4) is 0 Å². The molecule has 7 heteroatoms. The summed E-state index contributed by atoms with van der Waals surface area (Å²) in [5, 5.41) is 4.35. The topological polar surface area (TPSA) is 73.3 Å². The van der Waals surface area contributed by atoms with E-state index in [0.29, 0.717) is 23.0 Å². The molecule has 0 radical (unpaired) electrons. The van der Waals surface area contributed by atoms with Crippen LogP contribution in [0.1, 0.15) is 12.7 Å². The summed E-state index contributed by atoms with van der Waals surface area (Å²) in [5.41, 5.74) is 1.56. The van der Waals surface area contributed by atoms with Crippen molar-refractivity contribution in [2.45, 2.75) is 24.1 Å². The first-order chi connectivity index (χ1) is 12.6. The average Bonchev–Trinajstić information content (AvgIpc) is 3.09. The molecule has 0 fully saturated rings. The minimum atomic E-state index is -0.321. The summed E-state index contributed by atoms with van der Waals surface area (Å²) in [5.74, 6) is 1.91. The number of benzene rings is 2. The second kappa shape index (κ2) is 6.84. The monoisotopic (exact) mass is 367 g/mol. The van der Waals surface area contributed by atoms with E-state index in [1.807, 2.05) is 38.1 Å². The number of fused-ring (bicyclic) bond motifs is 2. The number of nitrogens with one attached hydrogen (secondary N) is 1. The van der Waals surface area contributed by atoms with Gasteiger partial charge >= 0.3 is 0 Å². The Labute approximate surface area is 154 Å². The number of hydrogen-bond donors (Lipinski definition) is 1. The highest BCUT2D eigenvalue weighted by Gasteiger charge is 2.19. The average molecular weight is 367 g/mol. The Bertz CT molecular complexity index is 993. The van der Waals surface area contributed by atoms with Crippen LogP contribution in [0, 0.1) is 6.92 Å². The molecule has 1 unspecified atom stereocenters.